The second-order valence-electron chi connectivity index (χ2n) is 3.74. The maximum Gasteiger partial charge on any atom is 0.311 e. The first-order valence-electron chi connectivity index (χ1n) is 4.91. The molecule has 1 saturated carbocycles. The van der Waals surface area contributed by atoms with Gasteiger partial charge in [0.05, 0.1) is 10.9 Å². The van der Waals surface area contributed by atoms with E-state index < -0.39 is 6.29 Å². The highest BCUT2D eigenvalue weighted by Crippen LogP contribution is 2.32. The van der Waals surface area contributed by atoms with Gasteiger partial charge in [-0.1, -0.05) is 17.7 Å². The normalized spacial score (nSPS) is 16.9. The van der Waals surface area contributed by atoms with E-state index in [1.807, 2.05) is 0 Å². The van der Waals surface area contributed by atoms with Crippen molar-refractivity contribution in [3.63, 3.8) is 0 Å². The van der Waals surface area contributed by atoms with Crippen molar-refractivity contribution in [3.05, 3.63) is 33.3 Å². The van der Waals surface area contributed by atoms with Crippen molar-refractivity contribution in [2.75, 3.05) is 0 Å². The number of hydrogen-bond donors (Lipinski definition) is 1. The summed E-state index contributed by atoms with van der Waals surface area (Å²) in [6.07, 6.45) is 0.493. The van der Waals surface area contributed by atoms with Gasteiger partial charge in [0, 0.05) is 10.0 Å². The van der Waals surface area contributed by atoms with Crippen molar-refractivity contribution in [1.29, 1.82) is 0 Å². The number of aliphatic hydroxyl groups excluding tert-OH is 1. The van der Waals surface area contributed by atoms with Gasteiger partial charge in [0.1, 0.15) is 0 Å². The number of rotatable bonds is 3. The van der Waals surface area contributed by atoms with Gasteiger partial charge in [0.15, 0.2) is 0 Å². The van der Waals surface area contributed by atoms with Crippen molar-refractivity contribution in [2.45, 2.75) is 19.1 Å². The molecule has 0 heterocycles. The third-order valence-electron chi connectivity index (χ3n) is 2.37. The predicted molar refractivity (Wildman–Crippen MR) is 62.9 cm³/mol. The number of benzene rings is 1. The van der Waals surface area contributed by atoms with Gasteiger partial charge in [-0.25, -0.2) is 0 Å². The molecule has 0 amide bonds. The van der Waals surface area contributed by atoms with E-state index >= 15 is 0 Å². The van der Waals surface area contributed by atoms with Gasteiger partial charge >= 0.3 is 5.97 Å². The summed E-state index contributed by atoms with van der Waals surface area (Å²) in [5.74, 6) is -0.357. The highest BCUT2D eigenvalue weighted by atomic mass is 79.9. The molecule has 0 spiro atoms. The number of carbonyl (C=O) groups excluding carboxylic acids is 1. The molecule has 2 rings (SSSR count). The van der Waals surface area contributed by atoms with E-state index in [-0.39, 0.29) is 11.9 Å². The molecule has 0 saturated heterocycles. The van der Waals surface area contributed by atoms with Crippen molar-refractivity contribution in [2.24, 2.45) is 5.92 Å². The number of hydrogen-bond acceptors (Lipinski definition) is 3. The van der Waals surface area contributed by atoms with E-state index in [0.29, 0.717) is 15.1 Å². The van der Waals surface area contributed by atoms with Crippen molar-refractivity contribution in [3.8, 4) is 0 Å². The molecule has 1 N–H and O–H groups in total. The topological polar surface area (TPSA) is 46.5 Å². The molecule has 1 aromatic carbocycles. The Hall–Kier alpha value is -0.580. The average Bonchev–Trinajstić information content (AvgIpc) is 3.05. The first kappa shape index (κ1) is 11.9. The molecule has 1 aromatic rings. The molecule has 16 heavy (non-hydrogen) atoms. The Morgan fingerprint density at radius 3 is 2.81 bits per heavy atom. The van der Waals surface area contributed by atoms with Crippen LogP contribution in [0.5, 0.6) is 0 Å². The van der Waals surface area contributed by atoms with Crippen LogP contribution < -0.4 is 0 Å². The van der Waals surface area contributed by atoms with E-state index in [4.69, 9.17) is 16.3 Å². The molecule has 1 fully saturated rings. The van der Waals surface area contributed by atoms with Crippen LogP contribution in [0.4, 0.5) is 0 Å². The number of halogens is 2. The second-order valence-corrected chi connectivity index (χ2v) is 5.00. The van der Waals surface area contributed by atoms with Gasteiger partial charge in [-0.2, -0.15) is 0 Å². The molecule has 5 heteroatoms. The highest BCUT2D eigenvalue weighted by Gasteiger charge is 2.32. The molecule has 1 aliphatic rings. The fraction of sp³-hybridized carbons (Fsp3) is 0.364. The Morgan fingerprint density at radius 2 is 2.25 bits per heavy atom. The third kappa shape index (κ3) is 2.75. The second kappa shape index (κ2) is 4.73. The summed E-state index contributed by atoms with van der Waals surface area (Å²) in [4.78, 5) is 11.3. The Labute approximate surface area is 106 Å². The molecular weight excluding hydrogens is 295 g/mol. The lowest BCUT2D eigenvalue weighted by molar-refractivity contribution is -0.170. The lowest BCUT2D eigenvalue weighted by atomic mass is 10.2. The highest BCUT2D eigenvalue weighted by molar-refractivity contribution is 9.10. The van der Waals surface area contributed by atoms with Gasteiger partial charge in [-0.05, 0) is 40.9 Å². The minimum atomic E-state index is -1.22. The van der Waals surface area contributed by atoms with Crippen LogP contribution in [0.2, 0.25) is 5.02 Å². The number of carbonyl (C=O) groups is 1. The monoisotopic (exact) mass is 304 g/mol. The Balaban J connectivity index is 2.04. The van der Waals surface area contributed by atoms with E-state index in [9.17, 15) is 9.90 Å². The Kier molecular flexibility index (Phi) is 3.52. The van der Waals surface area contributed by atoms with Crippen LogP contribution in [0.1, 0.15) is 24.7 Å². The summed E-state index contributed by atoms with van der Waals surface area (Å²) >= 11 is 9.05. The maximum absolute atomic E-state index is 11.3. The van der Waals surface area contributed by atoms with Crippen molar-refractivity contribution >= 4 is 33.5 Å². The largest absolute Gasteiger partial charge is 0.431 e. The summed E-state index contributed by atoms with van der Waals surface area (Å²) < 4.78 is 5.57. The minimum absolute atomic E-state index is 0.0228. The number of ether oxygens (including phenoxy) is 1. The van der Waals surface area contributed by atoms with Crippen LogP contribution in [0.3, 0.4) is 0 Å². The van der Waals surface area contributed by atoms with Gasteiger partial charge in [0.25, 0.3) is 0 Å². The average molecular weight is 306 g/mol. The molecular formula is C11H10BrClO3. The molecule has 0 bridgehead atoms. The Bertz CT molecular complexity index is 418. The first-order valence-corrected chi connectivity index (χ1v) is 6.08. The summed E-state index contributed by atoms with van der Waals surface area (Å²) in [5, 5.41) is 10.2. The molecule has 1 unspecified atom stereocenters. The molecule has 1 aliphatic carbocycles. The van der Waals surface area contributed by atoms with Crippen LogP contribution in [0, 0.1) is 5.92 Å². The summed E-state index contributed by atoms with van der Waals surface area (Å²) in [5.41, 5.74) is 0.505. The minimum Gasteiger partial charge on any atom is -0.431 e. The van der Waals surface area contributed by atoms with Gasteiger partial charge < -0.3 is 9.84 Å². The van der Waals surface area contributed by atoms with Crippen molar-refractivity contribution in [1.82, 2.24) is 0 Å². The van der Waals surface area contributed by atoms with E-state index in [1.165, 1.54) is 0 Å². The van der Waals surface area contributed by atoms with Crippen molar-refractivity contribution < 1.29 is 14.6 Å². The summed E-state index contributed by atoms with van der Waals surface area (Å²) in [7, 11) is 0. The molecule has 3 nitrogen and oxygen atoms in total. The number of esters is 1. The number of aliphatic hydroxyl groups is 1. The SMILES string of the molecule is O=C(OC(O)c1ccc(Cl)c(Br)c1)C1CC1. The van der Waals surface area contributed by atoms with E-state index in [0.717, 1.165) is 12.8 Å². The molecule has 0 radical (unpaired) electrons. The fourth-order valence-electron chi connectivity index (χ4n) is 1.26. The molecule has 0 aromatic heterocycles. The predicted octanol–water partition coefficient (Wildman–Crippen LogP) is 3.05. The van der Waals surface area contributed by atoms with Crippen LogP contribution in [0.15, 0.2) is 22.7 Å². The Morgan fingerprint density at radius 1 is 1.56 bits per heavy atom. The third-order valence-corrected chi connectivity index (χ3v) is 3.58. The standard InChI is InChI=1S/C11H10BrClO3/c12-8-5-7(3-4-9(8)13)11(15)16-10(14)6-1-2-6/h3-6,11,15H,1-2H2. The molecule has 1 atom stereocenters. The molecule has 86 valence electrons. The van der Waals surface area contributed by atoms with Gasteiger partial charge in [-0.3, -0.25) is 4.79 Å². The quantitative estimate of drug-likeness (QED) is 0.689. The smallest absolute Gasteiger partial charge is 0.311 e. The van der Waals surface area contributed by atoms with E-state index in [2.05, 4.69) is 15.9 Å². The summed E-state index contributed by atoms with van der Waals surface area (Å²) in [6, 6.07) is 4.89. The summed E-state index contributed by atoms with van der Waals surface area (Å²) in [6.45, 7) is 0. The lowest BCUT2D eigenvalue weighted by Crippen LogP contribution is -2.12. The maximum atomic E-state index is 11.3. The first-order chi connectivity index (χ1) is 7.58. The van der Waals surface area contributed by atoms with Crippen LogP contribution in [-0.2, 0) is 9.53 Å². The lowest BCUT2D eigenvalue weighted by Gasteiger charge is -2.12. The molecule has 0 aliphatic heterocycles. The van der Waals surface area contributed by atoms with Gasteiger partial charge in [0.2, 0.25) is 6.29 Å². The zero-order valence-corrected chi connectivity index (χ0v) is 10.7. The van der Waals surface area contributed by atoms with Crippen LogP contribution in [0.25, 0.3) is 0 Å². The van der Waals surface area contributed by atoms with Crippen LogP contribution in [-0.4, -0.2) is 11.1 Å². The van der Waals surface area contributed by atoms with Crippen LogP contribution >= 0.6 is 27.5 Å². The fourth-order valence-corrected chi connectivity index (χ4v) is 1.77. The zero-order valence-electron chi connectivity index (χ0n) is 8.32. The zero-order chi connectivity index (χ0) is 11.7. The van der Waals surface area contributed by atoms with Gasteiger partial charge in [-0.15, -0.1) is 0 Å². The van der Waals surface area contributed by atoms with E-state index in [1.54, 1.807) is 18.2 Å².